The maximum Gasteiger partial charge on any atom is 0.305 e. The van der Waals surface area contributed by atoms with E-state index in [1.165, 1.54) is 173 Å². The predicted molar refractivity (Wildman–Crippen MR) is 250 cm³/mol. The van der Waals surface area contributed by atoms with Gasteiger partial charge in [0.05, 0.1) is 25.4 Å². The molecule has 6 nitrogen and oxygen atoms in total. The average Bonchev–Trinajstić information content (AvgIpc) is 3.22. The number of carbonyl (C=O) groups is 2. The normalized spacial score (nSPS) is 12.8. The van der Waals surface area contributed by atoms with Gasteiger partial charge in [0, 0.05) is 12.8 Å². The number of esters is 1. The summed E-state index contributed by atoms with van der Waals surface area (Å²) in [5.74, 6) is -0.111. The van der Waals surface area contributed by atoms with Gasteiger partial charge in [0.15, 0.2) is 0 Å². The average molecular weight is 818 g/mol. The van der Waals surface area contributed by atoms with Gasteiger partial charge in [-0.2, -0.15) is 0 Å². The van der Waals surface area contributed by atoms with Gasteiger partial charge in [-0.3, -0.25) is 9.59 Å². The van der Waals surface area contributed by atoms with Gasteiger partial charge in [0.2, 0.25) is 5.91 Å². The van der Waals surface area contributed by atoms with Gasteiger partial charge < -0.3 is 20.3 Å². The van der Waals surface area contributed by atoms with Crippen molar-refractivity contribution in [3.63, 3.8) is 0 Å². The topological polar surface area (TPSA) is 95.9 Å². The summed E-state index contributed by atoms with van der Waals surface area (Å²) in [4.78, 5) is 24.4. The molecule has 0 aromatic heterocycles. The number of rotatable bonds is 47. The second-order valence-electron chi connectivity index (χ2n) is 17.5. The molecule has 6 heteroatoms. The number of ether oxygens (including phenoxy) is 1. The van der Waals surface area contributed by atoms with Crippen molar-refractivity contribution < 1.29 is 24.5 Å². The van der Waals surface area contributed by atoms with Crippen molar-refractivity contribution in [1.29, 1.82) is 0 Å². The first kappa shape index (κ1) is 56.3. The molecule has 3 N–H and O–H groups in total. The molecule has 0 radical (unpaired) electrons. The lowest BCUT2D eigenvalue weighted by atomic mass is 10.0. The van der Waals surface area contributed by atoms with Gasteiger partial charge in [0.1, 0.15) is 0 Å². The summed E-state index contributed by atoms with van der Waals surface area (Å²) >= 11 is 0. The molecule has 58 heavy (non-hydrogen) atoms. The first-order valence-electron chi connectivity index (χ1n) is 25.6. The fourth-order valence-corrected chi connectivity index (χ4v) is 7.74. The summed E-state index contributed by atoms with van der Waals surface area (Å²) in [5.41, 5.74) is 0. The molecule has 0 bridgehead atoms. The van der Waals surface area contributed by atoms with E-state index >= 15 is 0 Å². The van der Waals surface area contributed by atoms with Crippen molar-refractivity contribution >= 4 is 11.9 Å². The van der Waals surface area contributed by atoms with Crippen LogP contribution in [-0.4, -0.2) is 47.4 Å². The minimum atomic E-state index is -0.861. The maximum atomic E-state index is 12.4. The fraction of sp³-hybridized carbons (Fsp3) is 0.885. The highest BCUT2D eigenvalue weighted by atomic mass is 16.5. The number of allylic oxidation sites excluding steroid dienone is 3. The Labute approximate surface area is 361 Å². The Morgan fingerprint density at radius 3 is 1.24 bits per heavy atom. The van der Waals surface area contributed by atoms with E-state index in [1.54, 1.807) is 6.08 Å². The van der Waals surface area contributed by atoms with Crippen LogP contribution in [0.1, 0.15) is 271 Å². The Bertz CT molecular complexity index is 904. The Kier molecular flexibility index (Phi) is 46.6. The molecule has 0 rings (SSSR count). The standard InChI is InChI=1S/C52H99NO5/c1-3-5-7-9-11-13-15-16-17-18-19-21-25-28-32-36-40-44-50(55)49(48-54)53-51(56)45-41-37-33-29-26-22-20-23-27-31-35-39-43-47-58-52(57)46-42-38-34-30-24-14-12-10-8-6-4-2/h22,26,40,44,49-50,54-55H,3-21,23-25,27-39,41-43,45-48H2,1-2H3,(H,53,56)/b26-22-,44-40+. The number of aliphatic hydroxyl groups is 2. The van der Waals surface area contributed by atoms with Crippen LogP contribution in [0.4, 0.5) is 0 Å². The van der Waals surface area contributed by atoms with Gasteiger partial charge >= 0.3 is 5.97 Å². The summed E-state index contributed by atoms with van der Waals surface area (Å²) in [7, 11) is 0. The SMILES string of the molecule is CCCCCCCCCCCCCCCCC/C=C/C(O)C(CO)NC(=O)CCCCC/C=C\CCCCCCCCOC(=O)CCCCCCCCCCCCC. The maximum absolute atomic E-state index is 12.4. The molecule has 0 saturated carbocycles. The summed E-state index contributed by atoms with van der Waals surface area (Å²) in [6.07, 6.45) is 56.0. The molecule has 2 unspecified atom stereocenters. The smallest absolute Gasteiger partial charge is 0.305 e. The lowest BCUT2D eigenvalue weighted by Crippen LogP contribution is -2.45. The lowest BCUT2D eigenvalue weighted by molar-refractivity contribution is -0.143. The first-order chi connectivity index (χ1) is 28.5. The van der Waals surface area contributed by atoms with Gasteiger partial charge in [-0.15, -0.1) is 0 Å². The van der Waals surface area contributed by atoms with Gasteiger partial charge in [-0.25, -0.2) is 0 Å². The van der Waals surface area contributed by atoms with E-state index in [0.717, 1.165) is 70.6 Å². The zero-order valence-corrected chi connectivity index (χ0v) is 38.8. The number of amides is 1. The molecule has 0 saturated heterocycles. The number of hydrogen-bond acceptors (Lipinski definition) is 5. The van der Waals surface area contributed by atoms with Gasteiger partial charge in [0.25, 0.3) is 0 Å². The molecule has 342 valence electrons. The van der Waals surface area contributed by atoms with Crippen LogP contribution >= 0.6 is 0 Å². The summed E-state index contributed by atoms with van der Waals surface area (Å²) in [6, 6.07) is -0.647. The summed E-state index contributed by atoms with van der Waals surface area (Å²) < 4.78 is 5.44. The van der Waals surface area contributed by atoms with Crippen LogP contribution in [-0.2, 0) is 14.3 Å². The van der Waals surface area contributed by atoms with Crippen molar-refractivity contribution in [3.8, 4) is 0 Å². The predicted octanol–water partition coefficient (Wildman–Crippen LogP) is 15.1. The zero-order valence-electron chi connectivity index (χ0n) is 38.8. The zero-order chi connectivity index (χ0) is 42.3. The molecule has 0 aromatic rings. The van der Waals surface area contributed by atoms with Crippen LogP contribution in [0.15, 0.2) is 24.3 Å². The van der Waals surface area contributed by atoms with E-state index in [2.05, 4.69) is 31.3 Å². The van der Waals surface area contributed by atoms with E-state index in [-0.39, 0.29) is 18.5 Å². The fourth-order valence-electron chi connectivity index (χ4n) is 7.74. The highest BCUT2D eigenvalue weighted by molar-refractivity contribution is 5.76. The van der Waals surface area contributed by atoms with Crippen LogP contribution in [0.2, 0.25) is 0 Å². The highest BCUT2D eigenvalue weighted by Gasteiger charge is 2.18. The number of unbranched alkanes of at least 4 members (excludes halogenated alkanes) is 34. The van der Waals surface area contributed by atoms with E-state index in [1.807, 2.05) is 6.08 Å². The molecule has 0 aromatic carbocycles. The molecular weight excluding hydrogens is 719 g/mol. The van der Waals surface area contributed by atoms with E-state index in [0.29, 0.717) is 19.4 Å². The third-order valence-corrected chi connectivity index (χ3v) is 11.7. The lowest BCUT2D eigenvalue weighted by Gasteiger charge is -2.19. The largest absolute Gasteiger partial charge is 0.466 e. The van der Waals surface area contributed by atoms with Crippen LogP contribution in [0.25, 0.3) is 0 Å². The van der Waals surface area contributed by atoms with Crippen LogP contribution < -0.4 is 5.32 Å². The van der Waals surface area contributed by atoms with E-state index in [4.69, 9.17) is 4.74 Å². The molecular formula is C52H99NO5. The van der Waals surface area contributed by atoms with E-state index < -0.39 is 12.1 Å². The minimum Gasteiger partial charge on any atom is -0.466 e. The third-order valence-electron chi connectivity index (χ3n) is 11.7. The summed E-state index contributed by atoms with van der Waals surface area (Å²) in [6.45, 7) is 4.86. The molecule has 0 aliphatic rings. The molecule has 0 spiro atoms. The Morgan fingerprint density at radius 2 is 0.810 bits per heavy atom. The molecule has 2 atom stereocenters. The van der Waals surface area contributed by atoms with Crippen LogP contribution in [0, 0.1) is 0 Å². The third kappa shape index (κ3) is 43.9. The molecule has 0 aliphatic carbocycles. The Hall–Kier alpha value is -1.66. The first-order valence-corrected chi connectivity index (χ1v) is 25.6. The van der Waals surface area contributed by atoms with Crippen molar-refractivity contribution in [1.82, 2.24) is 5.32 Å². The van der Waals surface area contributed by atoms with Gasteiger partial charge in [-0.1, -0.05) is 224 Å². The number of nitrogens with one attached hydrogen (secondary N) is 1. The van der Waals surface area contributed by atoms with Gasteiger partial charge in [-0.05, 0) is 57.8 Å². The van der Waals surface area contributed by atoms with Crippen molar-refractivity contribution in [2.24, 2.45) is 0 Å². The highest BCUT2D eigenvalue weighted by Crippen LogP contribution is 2.15. The molecule has 1 amide bonds. The van der Waals surface area contributed by atoms with E-state index in [9.17, 15) is 19.8 Å². The molecule has 0 fully saturated rings. The van der Waals surface area contributed by atoms with Crippen LogP contribution in [0.3, 0.4) is 0 Å². The summed E-state index contributed by atoms with van der Waals surface area (Å²) in [5, 5.41) is 23.1. The van der Waals surface area contributed by atoms with Crippen LogP contribution in [0.5, 0.6) is 0 Å². The van der Waals surface area contributed by atoms with Crippen molar-refractivity contribution in [3.05, 3.63) is 24.3 Å². The minimum absolute atomic E-state index is 0.0145. The monoisotopic (exact) mass is 818 g/mol. The Balaban J connectivity index is 3.55. The van der Waals surface area contributed by atoms with Crippen molar-refractivity contribution in [2.45, 2.75) is 283 Å². The second kappa shape index (κ2) is 48.0. The number of carbonyl (C=O) groups excluding carboxylic acids is 2. The van der Waals surface area contributed by atoms with Crippen molar-refractivity contribution in [2.75, 3.05) is 13.2 Å². The number of hydrogen-bond donors (Lipinski definition) is 3. The second-order valence-corrected chi connectivity index (χ2v) is 17.5. The Morgan fingerprint density at radius 1 is 0.466 bits per heavy atom. The molecule has 0 heterocycles. The quantitative estimate of drug-likeness (QED) is 0.0323. The molecule has 0 aliphatic heterocycles. The number of aliphatic hydroxyl groups excluding tert-OH is 2.